The van der Waals surface area contributed by atoms with Crippen molar-refractivity contribution in [1.29, 1.82) is 0 Å². The summed E-state index contributed by atoms with van der Waals surface area (Å²) in [7, 11) is 0. The third-order valence-corrected chi connectivity index (χ3v) is 5.60. The lowest BCUT2D eigenvalue weighted by Crippen LogP contribution is -2.49. The molecule has 0 heterocycles. The van der Waals surface area contributed by atoms with E-state index in [9.17, 15) is 4.79 Å². The van der Waals surface area contributed by atoms with Gasteiger partial charge in [0.15, 0.2) is 0 Å². The van der Waals surface area contributed by atoms with E-state index in [0.29, 0.717) is 17.9 Å². The van der Waals surface area contributed by atoms with E-state index < -0.39 is 0 Å². The van der Waals surface area contributed by atoms with E-state index >= 15 is 0 Å². The summed E-state index contributed by atoms with van der Waals surface area (Å²) in [6, 6.07) is 0.534. The summed E-state index contributed by atoms with van der Waals surface area (Å²) >= 11 is 0. The summed E-state index contributed by atoms with van der Waals surface area (Å²) in [4.78, 5) is 12.5. The van der Waals surface area contributed by atoms with E-state index in [-0.39, 0.29) is 23.3 Å². The first-order valence-corrected chi connectivity index (χ1v) is 7.87. The molecular weight excluding hydrogens is 236 g/mol. The molecule has 0 aromatic heterocycles. The van der Waals surface area contributed by atoms with Gasteiger partial charge in [-0.1, -0.05) is 34.1 Å². The van der Waals surface area contributed by atoms with Crippen LogP contribution >= 0.6 is 0 Å². The minimum absolute atomic E-state index is 0.114. The fourth-order valence-electron chi connectivity index (χ4n) is 3.92. The Kier molecular flexibility index (Phi) is 4.24. The molecule has 3 nitrogen and oxygen atoms in total. The van der Waals surface area contributed by atoms with Gasteiger partial charge in [0, 0.05) is 18.0 Å². The molecule has 0 saturated heterocycles. The van der Waals surface area contributed by atoms with Crippen LogP contribution < -0.4 is 11.1 Å². The van der Waals surface area contributed by atoms with E-state index in [1.165, 1.54) is 12.8 Å². The van der Waals surface area contributed by atoms with Crippen LogP contribution in [-0.4, -0.2) is 18.0 Å². The SMILES string of the molecule is CC1CC(C)C(C(=O)NC2CCCC2(C)C)CC1N. The zero-order chi connectivity index (χ0) is 14.2. The molecule has 110 valence electrons. The van der Waals surface area contributed by atoms with Gasteiger partial charge in [0.25, 0.3) is 0 Å². The average molecular weight is 266 g/mol. The largest absolute Gasteiger partial charge is 0.353 e. The van der Waals surface area contributed by atoms with Crippen LogP contribution in [0.4, 0.5) is 0 Å². The number of hydrogen-bond acceptors (Lipinski definition) is 2. The molecule has 0 spiro atoms. The summed E-state index contributed by atoms with van der Waals surface area (Å²) in [5.41, 5.74) is 6.40. The van der Waals surface area contributed by atoms with Crippen LogP contribution in [0.3, 0.4) is 0 Å². The molecule has 0 aliphatic heterocycles. The van der Waals surface area contributed by atoms with E-state index in [1.54, 1.807) is 0 Å². The minimum Gasteiger partial charge on any atom is -0.353 e. The Balaban J connectivity index is 1.96. The molecule has 5 unspecified atom stereocenters. The first-order chi connectivity index (χ1) is 8.81. The second kappa shape index (κ2) is 5.43. The van der Waals surface area contributed by atoms with Crippen LogP contribution in [0.1, 0.15) is 59.8 Å². The second-order valence-corrected chi connectivity index (χ2v) is 7.64. The van der Waals surface area contributed by atoms with Crippen molar-refractivity contribution in [2.75, 3.05) is 0 Å². The van der Waals surface area contributed by atoms with Crippen LogP contribution in [0.25, 0.3) is 0 Å². The van der Waals surface area contributed by atoms with Gasteiger partial charge in [0.1, 0.15) is 0 Å². The molecule has 0 radical (unpaired) electrons. The van der Waals surface area contributed by atoms with Crippen LogP contribution in [0.15, 0.2) is 0 Å². The van der Waals surface area contributed by atoms with Gasteiger partial charge in [-0.25, -0.2) is 0 Å². The number of nitrogens with one attached hydrogen (secondary N) is 1. The molecule has 0 aromatic carbocycles. The number of hydrogen-bond donors (Lipinski definition) is 2. The van der Waals surface area contributed by atoms with Crippen molar-refractivity contribution in [1.82, 2.24) is 5.32 Å². The third-order valence-electron chi connectivity index (χ3n) is 5.60. The van der Waals surface area contributed by atoms with E-state index in [0.717, 1.165) is 19.3 Å². The van der Waals surface area contributed by atoms with Gasteiger partial charge in [-0.15, -0.1) is 0 Å². The fraction of sp³-hybridized carbons (Fsp3) is 0.938. The van der Waals surface area contributed by atoms with Crippen molar-refractivity contribution in [2.24, 2.45) is 28.9 Å². The molecule has 3 heteroatoms. The molecule has 2 rings (SSSR count). The standard InChI is InChI=1S/C16H30N2O/c1-10-8-11(2)13(17)9-12(10)15(19)18-14-6-5-7-16(14,3)4/h10-14H,5-9,17H2,1-4H3,(H,18,19). The lowest BCUT2D eigenvalue weighted by Gasteiger charge is -2.37. The van der Waals surface area contributed by atoms with Gasteiger partial charge >= 0.3 is 0 Å². The topological polar surface area (TPSA) is 55.1 Å². The van der Waals surface area contributed by atoms with Crippen LogP contribution in [0.5, 0.6) is 0 Å². The van der Waals surface area contributed by atoms with Crippen molar-refractivity contribution in [2.45, 2.75) is 71.9 Å². The molecule has 2 fully saturated rings. The Bertz CT molecular complexity index is 340. The van der Waals surface area contributed by atoms with Gasteiger partial charge in [0.2, 0.25) is 5.91 Å². The quantitative estimate of drug-likeness (QED) is 0.807. The maximum Gasteiger partial charge on any atom is 0.223 e. The molecule has 2 saturated carbocycles. The number of rotatable bonds is 2. The van der Waals surface area contributed by atoms with Crippen molar-refractivity contribution in [3.8, 4) is 0 Å². The Hall–Kier alpha value is -0.570. The smallest absolute Gasteiger partial charge is 0.223 e. The summed E-state index contributed by atoms with van der Waals surface area (Å²) in [6.45, 7) is 8.94. The van der Waals surface area contributed by atoms with Crippen LogP contribution in [-0.2, 0) is 4.79 Å². The Morgan fingerprint density at radius 1 is 1.21 bits per heavy atom. The van der Waals surface area contributed by atoms with Gasteiger partial charge in [-0.2, -0.15) is 0 Å². The summed E-state index contributed by atoms with van der Waals surface area (Å²) < 4.78 is 0. The third kappa shape index (κ3) is 3.13. The molecule has 2 aliphatic carbocycles. The zero-order valence-electron chi connectivity index (χ0n) is 12.9. The number of nitrogens with two attached hydrogens (primary N) is 1. The highest BCUT2D eigenvalue weighted by atomic mass is 16.2. The van der Waals surface area contributed by atoms with Crippen LogP contribution in [0, 0.1) is 23.2 Å². The first-order valence-electron chi connectivity index (χ1n) is 7.87. The molecular formula is C16H30N2O. The number of amides is 1. The van der Waals surface area contributed by atoms with Crippen molar-refractivity contribution in [3.63, 3.8) is 0 Å². The monoisotopic (exact) mass is 266 g/mol. The van der Waals surface area contributed by atoms with Gasteiger partial charge < -0.3 is 11.1 Å². The molecule has 5 atom stereocenters. The van der Waals surface area contributed by atoms with Gasteiger partial charge in [-0.05, 0) is 42.9 Å². The first kappa shape index (κ1) is 14.8. The highest BCUT2D eigenvalue weighted by molar-refractivity contribution is 5.79. The molecule has 19 heavy (non-hydrogen) atoms. The summed E-state index contributed by atoms with van der Waals surface area (Å²) in [5.74, 6) is 1.36. The van der Waals surface area contributed by atoms with Gasteiger partial charge in [-0.3, -0.25) is 4.79 Å². The van der Waals surface area contributed by atoms with E-state index in [2.05, 4.69) is 33.0 Å². The predicted octanol–water partition coefficient (Wildman–Crippen LogP) is 2.69. The van der Waals surface area contributed by atoms with Crippen molar-refractivity contribution in [3.05, 3.63) is 0 Å². The summed E-state index contributed by atoms with van der Waals surface area (Å²) in [5, 5.41) is 3.31. The van der Waals surface area contributed by atoms with E-state index in [1.807, 2.05) is 0 Å². The number of carbonyl (C=O) groups excluding carboxylic acids is 1. The zero-order valence-corrected chi connectivity index (χ0v) is 12.9. The maximum atomic E-state index is 12.5. The Morgan fingerprint density at radius 3 is 2.47 bits per heavy atom. The van der Waals surface area contributed by atoms with Crippen LogP contribution in [0.2, 0.25) is 0 Å². The Labute approximate surface area is 117 Å². The highest BCUT2D eigenvalue weighted by Gasteiger charge is 2.39. The molecule has 3 N–H and O–H groups in total. The molecule has 2 aliphatic rings. The maximum absolute atomic E-state index is 12.5. The lowest BCUT2D eigenvalue weighted by molar-refractivity contribution is -0.129. The molecule has 0 aromatic rings. The van der Waals surface area contributed by atoms with Crippen molar-refractivity contribution >= 4 is 5.91 Å². The normalized spacial score (nSPS) is 42.1. The summed E-state index contributed by atoms with van der Waals surface area (Å²) in [6.07, 6.45) is 5.50. The Morgan fingerprint density at radius 2 is 1.89 bits per heavy atom. The van der Waals surface area contributed by atoms with Gasteiger partial charge in [0.05, 0.1) is 0 Å². The number of carbonyl (C=O) groups is 1. The van der Waals surface area contributed by atoms with E-state index in [4.69, 9.17) is 5.73 Å². The highest BCUT2D eigenvalue weighted by Crippen LogP contribution is 2.38. The second-order valence-electron chi connectivity index (χ2n) is 7.64. The molecule has 0 bridgehead atoms. The predicted molar refractivity (Wildman–Crippen MR) is 78.6 cm³/mol. The van der Waals surface area contributed by atoms with Crippen molar-refractivity contribution < 1.29 is 4.79 Å². The molecule has 1 amide bonds. The lowest BCUT2D eigenvalue weighted by atomic mass is 9.72. The minimum atomic E-state index is 0.114. The fourth-order valence-corrected chi connectivity index (χ4v) is 3.92. The average Bonchev–Trinajstić information content (AvgIpc) is 2.63.